The minimum atomic E-state index is -0.812. The van der Waals surface area contributed by atoms with Crippen molar-refractivity contribution in [2.45, 2.75) is 38.8 Å². The minimum absolute atomic E-state index is 0. The molecule has 0 spiro atoms. The Morgan fingerprint density at radius 2 is 2.19 bits per heavy atom. The predicted octanol–water partition coefficient (Wildman–Crippen LogP) is 2.76. The number of nitro groups is 1. The van der Waals surface area contributed by atoms with E-state index >= 15 is 0 Å². The second-order valence-corrected chi connectivity index (χ2v) is 5.14. The Bertz CT molecular complexity index is 536. The van der Waals surface area contributed by atoms with Crippen molar-refractivity contribution >= 4 is 24.1 Å². The summed E-state index contributed by atoms with van der Waals surface area (Å²) in [5, 5.41) is 20.2. The van der Waals surface area contributed by atoms with Crippen LogP contribution in [0.3, 0.4) is 0 Å². The topological polar surface area (TPSA) is 83.7 Å². The summed E-state index contributed by atoms with van der Waals surface area (Å²) < 4.78 is 0. The van der Waals surface area contributed by atoms with E-state index in [0.29, 0.717) is 18.5 Å². The molecule has 1 atom stereocenters. The van der Waals surface area contributed by atoms with Crippen LogP contribution in [0.25, 0.3) is 0 Å². The molecule has 1 fully saturated rings. The number of nitrogens with zero attached hydrogens (tertiary/aromatic N) is 2. The van der Waals surface area contributed by atoms with Gasteiger partial charge in [0, 0.05) is 18.2 Å². The molecule has 0 bridgehead atoms. The molecule has 1 saturated heterocycles. The first kappa shape index (κ1) is 17.4. The van der Waals surface area contributed by atoms with E-state index in [1.807, 2.05) is 11.0 Å². The van der Waals surface area contributed by atoms with Crippen molar-refractivity contribution in [3.05, 3.63) is 39.4 Å². The standard InChI is InChI=1S/C14H18N2O4.ClH/c1-10-11(5-4-7-12(10)16(19)20)9-15-8-3-2-6-13(15)14(17)18;/h4-5,7,13H,2-3,6,8-9H2,1H3,(H,17,18);1H. The normalized spacial score (nSPS) is 18.8. The number of likely N-dealkylation sites (tertiary alicyclic amines) is 1. The number of piperidine rings is 1. The van der Waals surface area contributed by atoms with Gasteiger partial charge < -0.3 is 5.11 Å². The van der Waals surface area contributed by atoms with Crippen molar-refractivity contribution in [2.75, 3.05) is 6.54 Å². The summed E-state index contributed by atoms with van der Waals surface area (Å²) in [6.45, 7) is 2.89. The van der Waals surface area contributed by atoms with Gasteiger partial charge in [0.2, 0.25) is 0 Å². The van der Waals surface area contributed by atoms with E-state index in [4.69, 9.17) is 0 Å². The summed E-state index contributed by atoms with van der Waals surface area (Å²) in [6, 6.07) is 4.47. The maximum atomic E-state index is 11.3. The number of benzene rings is 1. The molecule has 1 aromatic carbocycles. The first-order valence-electron chi connectivity index (χ1n) is 6.70. The van der Waals surface area contributed by atoms with Crippen LogP contribution in [0.4, 0.5) is 5.69 Å². The zero-order valence-corrected chi connectivity index (χ0v) is 12.6. The van der Waals surface area contributed by atoms with Gasteiger partial charge in [0.25, 0.3) is 5.69 Å². The van der Waals surface area contributed by atoms with Crippen molar-refractivity contribution < 1.29 is 14.8 Å². The van der Waals surface area contributed by atoms with Crippen molar-refractivity contribution in [1.82, 2.24) is 4.90 Å². The molecule has 116 valence electrons. The lowest BCUT2D eigenvalue weighted by Gasteiger charge is -2.33. The molecule has 1 aliphatic heterocycles. The van der Waals surface area contributed by atoms with Crippen LogP contribution < -0.4 is 0 Å². The highest BCUT2D eigenvalue weighted by molar-refractivity contribution is 5.85. The zero-order valence-electron chi connectivity index (χ0n) is 11.8. The van der Waals surface area contributed by atoms with Crippen LogP contribution in [-0.2, 0) is 11.3 Å². The summed E-state index contributed by atoms with van der Waals surface area (Å²) in [5.41, 5.74) is 1.53. The van der Waals surface area contributed by atoms with Gasteiger partial charge in [-0.1, -0.05) is 18.6 Å². The van der Waals surface area contributed by atoms with E-state index in [1.54, 1.807) is 13.0 Å². The van der Waals surface area contributed by atoms with Crippen LogP contribution in [0.15, 0.2) is 18.2 Å². The maximum absolute atomic E-state index is 11.3. The molecule has 1 unspecified atom stereocenters. The fourth-order valence-electron chi connectivity index (χ4n) is 2.72. The molecule has 1 aromatic rings. The van der Waals surface area contributed by atoms with Gasteiger partial charge in [0.05, 0.1) is 4.92 Å². The molecule has 21 heavy (non-hydrogen) atoms. The fourth-order valence-corrected chi connectivity index (χ4v) is 2.72. The van der Waals surface area contributed by atoms with Crippen molar-refractivity contribution in [3.8, 4) is 0 Å². The van der Waals surface area contributed by atoms with Crippen LogP contribution >= 0.6 is 12.4 Å². The highest BCUT2D eigenvalue weighted by Gasteiger charge is 2.29. The lowest BCUT2D eigenvalue weighted by Crippen LogP contribution is -2.44. The smallest absolute Gasteiger partial charge is 0.320 e. The van der Waals surface area contributed by atoms with Crippen LogP contribution in [0.5, 0.6) is 0 Å². The third kappa shape index (κ3) is 3.92. The number of carboxylic acid groups (broad SMARTS) is 1. The molecule has 1 N–H and O–H groups in total. The number of carbonyl (C=O) groups is 1. The quantitative estimate of drug-likeness (QED) is 0.682. The molecule has 0 aromatic heterocycles. The number of hydrogen-bond acceptors (Lipinski definition) is 4. The van der Waals surface area contributed by atoms with Gasteiger partial charge >= 0.3 is 5.97 Å². The second kappa shape index (κ2) is 7.38. The number of hydrogen-bond donors (Lipinski definition) is 1. The molecular formula is C14H19ClN2O4. The van der Waals surface area contributed by atoms with Gasteiger partial charge in [-0.2, -0.15) is 0 Å². The second-order valence-electron chi connectivity index (χ2n) is 5.14. The number of aliphatic carboxylic acids is 1. The Labute approximate surface area is 129 Å². The number of halogens is 1. The summed E-state index contributed by atoms with van der Waals surface area (Å²) in [4.78, 5) is 23.7. The van der Waals surface area contributed by atoms with Gasteiger partial charge in [-0.15, -0.1) is 12.4 Å². The van der Waals surface area contributed by atoms with Crippen LogP contribution in [0.2, 0.25) is 0 Å². The molecule has 1 heterocycles. The molecule has 0 saturated carbocycles. The number of carboxylic acids is 1. The minimum Gasteiger partial charge on any atom is -0.480 e. The lowest BCUT2D eigenvalue weighted by molar-refractivity contribution is -0.385. The monoisotopic (exact) mass is 314 g/mol. The van der Waals surface area contributed by atoms with E-state index in [1.165, 1.54) is 6.07 Å². The molecule has 6 nitrogen and oxygen atoms in total. The highest BCUT2D eigenvalue weighted by Crippen LogP contribution is 2.25. The van der Waals surface area contributed by atoms with E-state index in [9.17, 15) is 20.0 Å². The molecule has 0 radical (unpaired) electrons. The van der Waals surface area contributed by atoms with Crippen LogP contribution in [-0.4, -0.2) is 33.5 Å². The van der Waals surface area contributed by atoms with Crippen LogP contribution in [0.1, 0.15) is 30.4 Å². The Morgan fingerprint density at radius 1 is 1.48 bits per heavy atom. The first-order chi connectivity index (χ1) is 9.50. The Morgan fingerprint density at radius 3 is 2.81 bits per heavy atom. The average Bonchev–Trinajstić information content (AvgIpc) is 2.41. The summed E-state index contributed by atoms with van der Waals surface area (Å²) in [6.07, 6.45) is 2.53. The summed E-state index contributed by atoms with van der Waals surface area (Å²) in [5.74, 6) is -0.812. The predicted molar refractivity (Wildman–Crippen MR) is 80.8 cm³/mol. The Hall–Kier alpha value is -1.66. The lowest BCUT2D eigenvalue weighted by atomic mass is 9.99. The third-order valence-corrected chi connectivity index (χ3v) is 3.89. The molecular weight excluding hydrogens is 296 g/mol. The molecule has 2 rings (SSSR count). The third-order valence-electron chi connectivity index (χ3n) is 3.89. The van der Waals surface area contributed by atoms with Gasteiger partial charge in [0.15, 0.2) is 0 Å². The van der Waals surface area contributed by atoms with E-state index in [2.05, 4.69) is 0 Å². The summed E-state index contributed by atoms with van der Waals surface area (Å²) >= 11 is 0. The average molecular weight is 315 g/mol. The van der Waals surface area contributed by atoms with Crippen molar-refractivity contribution in [3.63, 3.8) is 0 Å². The van der Waals surface area contributed by atoms with E-state index in [-0.39, 0.29) is 18.1 Å². The number of nitro benzene ring substituents is 1. The van der Waals surface area contributed by atoms with Gasteiger partial charge in [0.1, 0.15) is 6.04 Å². The van der Waals surface area contributed by atoms with Crippen LogP contribution in [0, 0.1) is 17.0 Å². The van der Waals surface area contributed by atoms with E-state index in [0.717, 1.165) is 24.9 Å². The molecule has 0 aliphatic carbocycles. The summed E-state index contributed by atoms with van der Waals surface area (Å²) in [7, 11) is 0. The number of rotatable bonds is 4. The van der Waals surface area contributed by atoms with E-state index < -0.39 is 16.9 Å². The molecule has 7 heteroatoms. The molecule has 1 aliphatic rings. The first-order valence-corrected chi connectivity index (χ1v) is 6.70. The highest BCUT2D eigenvalue weighted by atomic mass is 35.5. The van der Waals surface area contributed by atoms with Crippen molar-refractivity contribution in [2.24, 2.45) is 0 Å². The zero-order chi connectivity index (χ0) is 14.7. The SMILES string of the molecule is Cc1c(CN2CCCCC2C(=O)O)cccc1[N+](=O)[O-].Cl. The largest absolute Gasteiger partial charge is 0.480 e. The fraction of sp³-hybridized carbons (Fsp3) is 0.500. The maximum Gasteiger partial charge on any atom is 0.320 e. The van der Waals surface area contributed by atoms with Gasteiger partial charge in [-0.25, -0.2) is 0 Å². The van der Waals surface area contributed by atoms with Crippen molar-refractivity contribution in [1.29, 1.82) is 0 Å². The van der Waals surface area contributed by atoms with Gasteiger partial charge in [-0.3, -0.25) is 19.8 Å². The Kier molecular flexibility index (Phi) is 6.11. The Balaban J connectivity index is 0.00000220. The van der Waals surface area contributed by atoms with Gasteiger partial charge in [-0.05, 0) is 31.9 Å². The molecule has 0 amide bonds.